The summed E-state index contributed by atoms with van der Waals surface area (Å²) in [7, 11) is 1.26. The van der Waals surface area contributed by atoms with Gasteiger partial charge in [0.2, 0.25) is 23.6 Å². The lowest BCUT2D eigenvalue weighted by Gasteiger charge is -2.46. The van der Waals surface area contributed by atoms with Crippen LogP contribution in [-0.2, 0) is 81.7 Å². The molecule has 4 rings (SSSR count). The summed E-state index contributed by atoms with van der Waals surface area (Å²) in [6, 6.07) is 25.1. The zero-order chi connectivity index (χ0) is 55.8. The summed E-state index contributed by atoms with van der Waals surface area (Å²) in [5.74, 6) is -3.09. The van der Waals surface area contributed by atoms with Crippen molar-refractivity contribution in [2.75, 3.05) is 33.5 Å². The molecule has 1 saturated heterocycles. The molecule has 0 bridgehead atoms. The first-order valence-corrected chi connectivity index (χ1v) is 26.2. The molecule has 76 heavy (non-hydrogen) atoms. The van der Waals surface area contributed by atoms with Gasteiger partial charge >= 0.3 is 12.1 Å². The molecule has 3 aromatic rings. The minimum absolute atomic E-state index is 0.00508. The zero-order valence-electron chi connectivity index (χ0n) is 46.2. The first-order valence-electron chi connectivity index (χ1n) is 26.2. The molecule has 0 spiro atoms. The van der Waals surface area contributed by atoms with E-state index in [4.69, 9.17) is 37.9 Å². The Hall–Kier alpha value is -5.96. The van der Waals surface area contributed by atoms with Crippen LogP contribution in [0, 0.1) is 17.8 Å². The SMILES string of the molecule is COC(=O)[C@H](CC(C)C)NC(=O)[C@@H](NC(=O)CCOC[C@H]1O[C@@H](OCCNC(=O)[C@@H](NC(=O)[C@H](C)NC(=O)OC(C)(C)C)C(C)C)[C@H](OCc2ccccc2)[C@@H](OCc2ccccc2)[C@@H]1OCc1ccccc1)C(C)C. The van der Waals surface area contributed by atoms with Gasteiger partial charge < -0.3 is 64.5 Å². The number of hydrogen-bond acceptors (Lipinski definition) is 14. The van der Waals surface area contributed by atoms with E-state index in [9.17, 15) is 28.8 Å². The van der Waals surface area contributed by atoms with Crippen molar-refractivity contribution >= 4 is 35.7 Å². The smallest absolute Gasteiger partial charge is 0.408 e. The highest BCUT2D eigenvalue weighted by atomic mass is 16.7. The largest absolute Gasteiger partial charge is 0.467 e. The maximum absolute atomic E-state index is 13.6. The lowest BCUT2D eigenvalue weighted by Crippen LogP contribution is -2.62. The highest BCUT2D eigenvalue weighted by Gasteiger charge is 2.49. The molecule has 0 unspecified atom stereocenters. The van der Waals surface area contributed by atoms with Gasteiger partial charge in [0.05, 0.1) is 46.8 Å². The molecule has 0 saturated carbocycles. The van der Waals surface area contributed by atoms with Crippen LogP contribution in [0.3, 0.4) is 0 Å². The fraction of sp³-hybridized carbons (Fsp3) is 0.579. The van der Waals surface area contributed by atoms with E-state index in [0.717, 1.165) is 16.7 Å². The molecule has 5 amide bonds. The Morgan fingerprint density at radius 1 is 0.592 bits per heavy atom. The molecule has 1 fully saturated rings. The lowest BCUT2D eigenvalue weighted by molar-refractivity contribution is -0.327. The Labute approximate surface area is 448 Å². The van der Waals surface area contributed by atoms with Gasteiger partial charge in [-0.15, -0.1) is 0 Å². The second kappa shape index (κ2) is 31.9. The van der Waals surface area contributed by atoms with Gasteiger partial charge in [0.1, 0.15) is 54.2 Å². The molecule has 0 radical (unpaired) electrons. The van der Waals surface area contributed by atoms with Crippen LogP contribution in [0.5, 0.6) is 0 Å². The van der Waals surface area contributed by atoms with Gasteiger partial charge in [-0.05, 0) is 68.6 Å². The third-order valence-electron chi connectivity index (χ3n) is 12.0. The third kappa shape index (κ3) is 21.9. The monoisotopic (exact) mass is 1060 g/mol. The number of benzene rings is 3. The standard InChI is InChI=1S/C57H83N5O14/c1-36(2)31-43(54(67)69-11)60-53(66)47(38(5)6)61-45(63)27-29-70-35-44-48(72-32-40-21-15-12-16-22-40)49(73-33-41-23-17-13-18-24-41)50(74-34-42-25-19-14-20-26-42)55(75-44)71-30-28-58-52(65)46(37(3)4)62-51(64)39(7)59-56(68)76-57(8,9)10/h12-26,36-39,43-44,46-50,55H,27-35H2,1-11H3,(H,58,65)(H,59,68)(H,60,66)(H,61,63)(H,62,64)/t39-,43-,44+,46-,47-,48+,49-,50+,55+/m0/s1. The quantitative estimate of drug-likeness (QED) is 0.0386. The highest BCUT2D eigenvalue weighted by Crippen LogP contribution is 2.32. The van der Waals surface area contributed by atoms with E-state index in [1.54, 1.807) is 48.5 Å². The van der Waals surface area contributed by atoms with Crippen molar-refractivity contribution in [3.8, 4) is 0 Å². The highest BCUT2D eigenvalue weighted by molar-refractivity contribution is 5.92. The molecular formula is C57H83N5O14. The van der Waals surface area contributed by atoms with Gasteiger partial charge in [0.25, 0.3) is 0 Å². The van der Waals surface area contributed by atoms with Crippen molar-refractivity contribution < 1.29 is 66.7 Å². The van der Waals surface area contributed by atoms with Crippen LogP contribution < -0.4 is 26.6 Å². The van der Waals surface area contributed by atoms with Crippen LogP contribution >= 0.6 is 0 Å². The van der Waals surface area contributed by atoms with Gasteiger partial charge in [0.15, 0.2) is 6.29 Å². The molecule has 1 heterocycles. The third-order valence-corrected chi connectivity index (χ3v) is 12.0. The Morgan fingerprint density at radius 2 is 1.11 bits per heavy atom. The number of amides is 5. The molecule has 9 atom stereocenters. The molecule has 0 aromatic heterocycles. The van der Waals surface area contributed by atoms with E-state index in [1.165, 1.54) is 14.0 Å². The maximum Gasteiger partial charge on any atom is 0.408 e. The van der Waals surface area contributed by atoms with Crippen molar-refractivity contribution in [3.05, 3.63) is 108 Å². The van der Waals surface area contributed by atoms with Crippen molar-refractivity contribution in [1.82, 2.24) is 26.6 Å². The minimum atomic E-state index is -1.11. The summed E-state index contributed by atoms with van der Waals surface area (Å²) in [6.07, 6.45) is -5.02. The van der Waals surface area contributed by atoms with Crippen LogP contribution in [0.15, 0.2) is 91.0 Å². The average Bonchev–Trinajstić information content (AvgIpc) is 3.37. The number of ether oxygens (including phenoxy) is 8. The molecule has 0 aliphatic carbocycles. The molecule has 1 aliphatic heterocycles. The fourth-order valence-corrected chi connectivity index (χ4v) is 8.07. The first-order chi connectivity index (χ1) is 36.1. The summed E-state index contributed by atoms with van der Waals surface area (Å²) in [5.41, 5.74) is 1.91. The topological polar surface area (TPSA) is 236 Å². The number of carbonyl (C=O) groups excluding carboxylic acids is 6. The van der Waals surface area contributed by atoms with Crippen molar-refractivity contribution in [2.24, 2.45) is 17.8 Å². The van der Waals surface area contributed by atoms with Gasteiger partial charge in [-0.25, -0.2) is 9.59 Å². The van der Waals surface area contributed by atoms with E-state index in [-0.39, 0.29) is 70.4 Å². The number of nitrogens with one attached hydrogen (secondary N) is 5. The van der Waals surface area contributed by atoms with Crippen molar-refractivity contribution in [1.29, 1.82) is 0 Å². The summed E-state index contributed by atoms with van der Waals surface area (Å²) < 4.78 is 49.9. The normalized spacial score (nSPS) is 19.2. The predicted octanol–water partition coefficient (Wildman–Crippen LogP) is 5.91. The van der Waals surface area contributed by atoms with Crippen LogP contribution in [0.25, 0.3) is 0 Å². The molecule has 5 N–H and O–H groups in total. The predicted molar refractivity (Wildman–Crippen MR) is 284 cm³/mol. The van der Waals surface area contributed by atoms with Crippen LogP contribution in [0.2, 0.25) is 0 Å². The minimum Gasteiger partial charge on any atom is -0.467 e. The Kier molecular flexibility index (Phi) is 26.3. The summed E-state index contributed by atoms with van der Waals surface area (Å²) in [4.78, 5) is 78.6. The van der Waals surface area contributed by atoms with Gasteiger partial charge in [0, 0.05) is 13.0 Å². The van der Waals surface area contributed by atoms with E-state index >= 15 is 0 Å². The number of hydrogen-bond donors (Lipinski definition) is 5. The summed E-state index contributed by atoms with van der Waals surface area (Å²) in [6.45, 7) is 18.0. The van der Waals surface area contributed by atoms with E-state index in [1.807, 2.05) is 105 Å². The van der Waals surface area contributed by atoms with E-state index < -0.39 is 96.2 Å². The Morgan fingerprint density at radius 3 is 1.61 bits per heavy atom. The van der Waals surface area contributed by atoms with E-state index in [0.29, 0.717) is 6.42 Å². The number of alkyl carbamates (subject to hydrolysis) is 1. The zero-order valence-corrected chi connectivity index (χ0v) is 46.2. The Bertz CT molecular complexity index is 2230. The summed E-state index contributed by atoms with van der Waals surface area (Å²) in [5, 5.41) is 13.7. The maximum atomic E-state index is 13.6. The van der Waals surface area contributed by atoms with Crippen LogP contribution in [-0.4, -0.2) is 130 Å². The second-order valence-corrected chi connectivity index (χ2v) is 20.9. The van der Waals surface area contributed by atoms with Crippen molar-refractivity contribution in [2.45, 2.75) is 162 Å². The number of carbonyl (C=O) groups is 6. The lowest BCUT2D eigenvalue weighted by atomic mass is 9.97. The number of methoxy groups -OCH3 is 1. The molecule has 420 valence electrons. The van der Waals surface area contributed by atoms with Gasteiger partial charge in [-0.1, -0.05) is 133 Å². The number of rotatable bonds is 30. The fourth-order valence-electron chi connectivity index (χ4n) is 8.07. The van der Waals surface area contributed by atoms with Crippen molar-refractivity contribution in [3.63, 3.8) is 0 Å². The number of esters is 1. The first kappa shape index (κ1) is 62.6. The molecule has 3 aromatic carbocycles. The van der Waals surface area contributed by atoms with E-state index in [2.05, 4.69) is 26.6 Å². The average molecular weight is 1060 g/mol. The Balaban J connectivity index is 1.56. The summed E-state index contributed by atoms with van der Waals surface area (Å²) >= 11 is 0. The molecular weight excluding hydrogens is 979 g/mol. The van der Waals surface area contributed by atoms with Crippen LogP contribution in [0.1, 0.15) is 98.8 Å². The molecule has 1 aliphatic rings. The molecule has 19 heteroatoms. The van der Waals surface area contributed by atoms with Crippen LogP contribution in [0.4, 0.5) is 4.79 Å². The second-order valence-electron chi connectivity index (χ2n) is 20.9. The molecule has 19 nitrogen and oxygen atoms in total. The van der Waals surface area contributed by atoms with Gasteiger partial charge in [-0.2, -0.15) is 0 Å². The van der Waals surface area contributed by atoms with Gasteiger partial charge in [-0.3, -0.25) is 19.2 Å².